The van der Waals surface area contributed by atoms with Gasteiger partial charge in [-0.25, -0.2) is 13.6 Å². The number of nitrogens with one attached hydrogen (secondary N) is 1. The fourth-order valence-corrected chi connectivity index (χ4v) is 1.99. The highest BCUT2D eigenvalue weighted by atomic mass is 32.2. The highest BCUT2D eigenvalue weighted by Crippen LogP contribution is 2.19. The lowest BCUT2D eigenvalue weighted by atomic mass is 10.2. The lowest BCUT2D eigenvalue weighted by molar-refractivity contribution is -0.126. The summed E-state index contributed by atoms with van der Waals surface area (Å²) < 4.78 is 46.2. The lowest BCUT2D eigenvalue weighted by Crippen LogP contribution is -2.21. The van der Waals surface area contributed by atoms with Crippen molar-refractivity contribution in [2.24, 2.45) is 5.14 Å². The number of carbonyl (C=O) groups excluding carboxylic acids is 1. The van der Waals surface area contributed by atoms with Gasteiger partial charge in [-0.05, 0) is 24.6 Å². The van der Waals surface area contributed by atoms with Crippen LogP contribution >= 0.6 is 0 Å². The van der Waals surface area contributed by atoms with Crippen LogP contribution in [0.15, 0.2) is 23.1 Å². The molecule has 0 fully saturated rings. The van der Waals surface area contributed by atoms with Crippen LogP contribution in [0, 0.1) is 6.92 Å². The zero-order chi connectivity index (χ0) is 13.2. The molecule has 94 valence electrons. The summed E-state index contributed by atoms with van der Waals surface area (Å²) in [5.41, 5.74) is 0.312. The van der Waals surface area contributed by atoms with E-state index in [1.54, 1.807) is 0 Å². The summed E-state index contributed by atoms with van der Waals surface area (Å²) >= 11 is 0. The number of rotatable bonds is 3. The predicted octanol–water partition coefficient (Wildman–Crippen LogP) is 0.846. The highest BCUT2D eigenvalue weighted by molar-refractivity contribution is 7.89. The molecule has 0 atom stereocenters. The summed E-state index contributed by atoms with van der Waals surface area (Å²) in [5, 5.41) is 6.80. The van der Waals surface area contributed by atoms with Crippen LogP contribution in [0.2, 0.25) is 0 Å². The molecule has 0 heterocycles. The monoisotopic (exact) mass is 264 g/mol. The van der Waals surface area contributed by atoms with Crippen molar-refractivity contribution in [3.8, 4) is 0 Å². The standard InChI is InChI=1S/C9H10F2N2O3S/c1-5-2-3-6(13-9(14)8(10)11)4-7(5)17(12,15)16/h2-4,8H,1H3,(H,13,14)(H2,12,15,16). The number of aryl methyl sites for hydroxylation is 1. The fourth-order valence-electron chi connectivity index (χ4n) is 1.18. The number of hydrogen-bond donors (Lipinski definition) is 2. The van der Waals surface area contributed by atoms with Crippen LogP contribution in [0.5, 0.6) is 0 Å². The summed E-state index contributed by atoms with van der Waals surface area (Å²) in [6.45, 7) is 1.50. The first-order valence-electron chi connectivity index (χ1n) is 4.44. The van der Waals surface area contributed by atoms with Gasteiger partial charge in [0.1, 0.15) is 0 Å². The molecule has 0 aromatic heterocycles. The Balaban J connectivity index is 3.10. The number of carbonyl (C=O) groups is 1. The molecular weight excluding hydrogens is 254 g/mol. The topological polar surface area (TPSA) is 89.3 Å². The molecular formula is C9H10F2N2O3S. The van der Waals surface area contributed by atoms with Gasteiger partial charge in [0.15, 0.2) is 0 Å². The van der Waals surface area contributed by atoms with E-state index in [-0.39, 0.29) is 10.6 Å². The molecule has 0 radical (unpaired) electrons. The number of nitrogens with two attached hydrogens (primary N) is 1. The van der Waals surface area contributed by atoms with E-state index in [0.717, 1.165) is 6.07 Å². The summed E-state index contributed by atoms with van der Waals surface area (Å²) in [6, 6.07) is 3.70. The molecule has 0 unspecified atom stereocenters. The number of alkyl halides is 2. The Labute approximate surface area is 96.7 Å². The zero-order valence-corrected chi connectivity index (χ0v) is 9.59. The fraction of sp³-hybridized carbons (Fsp3) is 0.222. The Morgan fingerprint density at radius 3 is 2.47 bits per heavy atom. The molecule has 5 nitrogen and oxygen atoms in total. The van der Waals surface area contributed by atoms with E-state index in [1.165, 1.54) is 19.1 Å². The van der Waals surface area contributed by atoms with Crippen molar-refractivity contribution in [3.05, 3.63) is 23.8 Å². The van der Waals surface area contributed by atoms with Gasteiger partial charge in [-0.1, -0.05) is 6.07 Å². The number of halogens is 2. The van der Waals surface area contributed by atoms with Gasteiger partial charge in [-0.3, -0.25) is 4.79 Å². The first-order valence-corrected chi connectivity index (χ1v) is 5.99. The Morgan fingerprint density at radius 2 is 2.00 bits per heavy atom. The third-order valence-corrected chi connectivity index (χ3v) is 3.01. The first-order chi connectivity index (χ1) is 7.71. The third-order valence-electron chi connectivity index (χ3n) is 1.96. The predicted molar refractivity (Wildman–Crippen MR) is 57.2 cm³/mol. The summed E-state index contributed by atoms with van der Waals surface area (Å²) in [5.74, 6) is -1.51. The second-order valence-electron chi connectivity index (χ2n) is 3.32. The van der Waals surface area contributed by atoms with E-state index < -0.39 is 22.4 Å². The Morgan fingerprint density at radius 1 is 1.41 bits per heavy atom. The van der Waals surface area contributed by atoms with E-state index in [9.17, 15) is 22.0 Å². The third kappa shape index (κ3) is 3.46. The van der Waals surface area contributed by atoms with Crippen molar-refractivity contribution in [2.75, 3.05) is 5.32 Å². The van der Waals surface area contributed by atoms with Crippen molar-refractivity contribution in [3.63, 3.8) is 0 Å². The van der Waals surface area contributed by atoms with E-state index in [1.807, 2.05) is 5.32 Å². The van der Waals surface area contributed by atoms with Crippen LogP contribution < -0.4 is 10.5 Å². The van der Waals surface area contributed by atoms with Crippen LogP contribution in [0.1, 0.15) is 5.56 Å². The van der Waals surface area contributed by atoms with Gasteiger partial charge in [0.25, 0.3) is 5.91 Å². The van der Waals surface area contributed by atoms with Crippen LogP contribution in [-0.4, -0.2) is 20.8 Å². The Kier molecular flexibility index (Phi) is 3.79. The quantitative estimate of drug-likeness (QED) is 0.848. The maximum atomic E-state index is 12.0. The number of anilines is 1. The molecule has 0 saturated heterocycles. The molecule has 0 saturated carbocycles. The normalized spacial score (nSPS) is 11.6. The van der Waals surface area contributed by atoms with Crippen molar-refractivity contribution in [1.29, 1.82) is 0 Å². The lowest BCUT2D eigenvalue weighted by Gasteiger charge is -2.08. The van der Waals surface area contributed by atoms with Gasteiger partial charge >= 0.3 is 6.43 Å². The molecule has 1 rings (SSSR count). The first kappa shape index (κ1) is 13.5. The SMILES string of the molecule is Cc1ccc(NC(=O)C(F)F)cc1S(N)(=O)=O. The smallest absolute Gasteiger partial charge is 0.315 e. The maximum absolute atomic E-state index is 12.0. The molecule has 1 amide bonds. The van der Waals surface area contributed by atoms with Crippen LogP contribution in [-0.2, 0) is 14.8 Å². The molecule has 0 aliphatic heterocycles. The summed E-state index contributed by atoms with van der Waals surface area (Å²) in [7, 11) is -3.95. The summed E-state index contributed by atoms with van der Waals surface area (Å²) in [6.07, 6.45) is -3.17. The molecule has 8 heteroatoms. The van der Waals surface area contributed by atoms with Crippen LogP contribution in [0.4, 0.5) is 14.5 Å². The molecule has 0 bridgehead atoms. The minimum Gasteiger partial charge on any atom is -0.321 e. The second-order valence-corrected chi connectivity index (χ2v) is 4.85. The van der Waals surface area contributed by atoms with Gasteiger partial charge in [0.2, 0.25) is 10.0 Å². The highest BCUT2D eigenvalue weighted by Gasteiger charge is 2.17. The minimum atomic E-state index is -3.95. The zero-order valence-electron chi connectivity index (χ0n) is 8.78. The van der Waals surface area contributed by atoms with E-state index in [2.05, 4.69) is 0 Å². The Hall–Kier alpha value is -1.54. The van der Waals surface area contributed by atoms with Crippen molar-refractivity contribution < 1.29 is 22.0 Å². The average Bonchev–Trinajstić information content (AvgIpc) is 2.19. The molecule has 1 aromatic carbocycles. The van der Waals surface area contributed by atoms with Crippen molar-refractivity contribution in [2.45, 2.75) is 18.2 Å². The van der Waals surface area contributed by atoms with Crippen LogP contribution in [0.25, 0.3) is 0 Å². The molecule has 0 spiro atoms. The average molecular weight is 264 g/mol. The second kappa shape index (κ2) is 4.76. The van der Waals surface area contributed by atoms with Gasteiger partial charge in [-0.2, -0.15) is 8.78 Å². The van der Waals surface area contributed by atoms with Gasteiger partial charge in [0, 0.05) is 5.69 Å². The number of hydrogen-bond acceptors (Lipinski definition) is 3. The van der Waals surface area contributed by atoms with E-state index in [4.69, 9.17) is 5.14 Å². The van der Waals surface area contributed by atoms with Gasteiger partial charge < -0.3 is 5.32 Å². The molecule has 1 aromatic rings. The van der Waals surface area contributed by atoms with Crippen LogP contribution in [0.3, 0.4) is 0 Å². The largest absolute Gasteiger partial charge is 0.321 e. The molecule has 0 aliphatic carbocycles. The summed E-state index contributed by atoms with van der Waals surface area (Å²) in [4.78, 5) is 10.5. The number of benzene rings is 1. The Bertz CT molecular complexity index is 543. The molecule has 0 aliphatic rings. The minimum absolute atomic E-state index is 0.0510. The van der Waals surface area contributed by atoms with E-state index >= 15 is 0 Å². The van der Waals surface area contributed by atoms with Crippen molar-refractivity contribution in [1.82, 2.24) is 0 Å². The van der Waals surface area contributed by atoms with Gasteiger partial charge in [0.05, 0.1) is 4.90 Å². The maximum Gasteiger partial charge on any atom is 0.315 e. The van der Waals surface area contributed by atoms with Crippen molar-refractivity contribution >= 4 is 21.6 Å². The van der Waals surface area contributed by atoms with E-state index in [0.29, 0.717) is 5.56 Å². The number of amides is 1. The number of primary sulfonamides is 1. The van der Waals surface area contributed by atoms with Gasteiger partial charge in [-0.15, -0.1) is 0 Å². The molecule has 17 heavy (non-hydrogen) atoms. The number of sulfonamides is 1. The molecule has 3 N–H and O–H groups in total.